The van der Waals surface area contributed by atoms with Gasteiger partial charge in [0.05, 0.1) is 6.10 Å². The van der Waals surface area contributed by atoms with Crippen LogP contribution in [0.25, 0.3) is 10.9 Å². The van der Waals surface area contributed by atoms with E-state index in [1.165, 1.54) is 16.5 Å². The van der Waals surface area contributed by atoms with E-state index in [0.29, 0.717) is 0 Å². The molecule has 0 radical (unpaired) electrons. The number of nitrogens with two attached hydrogens (primary N) is 1. The molecule has 1 atom stereocenters. The molecule has 0 saturated carbocycles. The van der Waals surface area contributed by atoms with Gasteiger partial charge in [-0.05, 0) is 37.9 Å². The minimum atomic E-state index is 0.225. The molecule has 0 spiro atoms. The smallest absolute Gasteiger partial charge is 0.0722 e. The lowest BCUT2D eigenvalue weighted by Gasteiger charge is -2.11. The number of aromatic nitrogens is 1. The van der Waals surface area contributed by atoms with Gasteiger partial charge in [-0.1, -0.05) is 18.2 Å². The largest absolute Gasteiger partial charge is 0.380 e. The number of para-hydroxylation sites is 1. The summed E-state index contributed by atoms with van der Waals surface area (Å²) in [6, 6.07) is 8.54. The third kappa shape index (κ3) is 2.74. The van der Waals surface area contributed by atoms with E-state index in [2.05, 4.69) is 42.0 Å². The number of fused-ring (bicyclic) bond motifs is 1. The summed E-state index contributed by atoms with van der Waals surface area (Å²) >= 11 is 0. The van der Waals surface area contributed by atoms with Gasteiger partial charge in [0.1, 0.15) is 0 Å². The Balaban J connectivity index is 2.34. The summed E-state index contributed by atoms with van der Waals surface area (Å²) in [5.74, 6) is 0. The second-order valence-electron chi connectivity index (χ2n) is 4.76. The highest BCUT2D eigenvalue weighted by atomic mass is 16.5. The molecular weight excluding hydrogens is 224 g/mol. The standard InChI is InChI=1S/C15H22N2O/c1-12(18-2)10-17-11-13(6-5-9-16)14-7-3-4-8-15(14)17/h3-4,7-8,11-12H,5-6,9-10,16H2,1-2H3. The highest BCUT2D eigenvalue weighted by Gasteiger charge is 2.09. The third-order valence-electron chi connectivity index (χ3n) is 3.38. The molecule has 2 aromatic rings. The molecule has 98 valence electrons. The van der Waals surface area contributed by atoms with Crippen molar-refractivity contribution in [3.8, 4) is 0 Å². The van der Waals surface area contributed by atoms with Crippen molar-refractivity contribution in [2.24, 2.45) is 5.73 Å². The maximum Gasteiger partial charge on any atom is 0.0722 e. The molecule has 0 aliphatic carbocycles. The molecule has 0 aliphatic heterocycles. The SMILES string of the molecule is COC(C)Cn1cc(CCCN)c2ccccc21. The van der Waals surface area contributed by atoms with Crippen LogP contribution in [0.15, 0.2) is 30.5 Å². The molecule has 1 heterocycles. The highest BCUT2D eigenvalue weighted by molar-refractivity contribution is 5.84. The van der Waals surface area contributed by atoms with Crippen molar-refractivity contribution in [3.63, 3.8) is 0 Å². The van der Waals surface area contributed by atoms with Gasteiger partial charge in [-0.2, -0.15) is 0 Å². The number of ether oxygens (including phenoxy) is 1. The van der Waals surface area contributed by atoms with E-state index >= 15 is 0 Å². The summed E-state index contributed by atoms with van der Waals surface area (Å²) < 4.78 is 7.64. The van der Waals surface area contributed by atoms with Crippen LogP contribution in [-0.4, -0.2) is 24.3 Å². The predicted octanol–water partition coefficient (Wildman–Crippen LogP) is 2.57. The molecule has 0 saturated heterocycles. The Hall–Kier alpha value is -1.32. The van der Waals surface area contributed by atoms with E-state index in [1.807, 2.05) is 0 Å². The van der Waals surface area contributed by atoms with Gasteiger partial charge in [0.2, 0.25) is 0 Å². The van der Waals surface area contributed by atoms with Crippen LogP contribution < -0.4 is 5.73 Å². The first-order valence-corrected chi connectivity index (χ1v) is 6.56. The Labute approximate surface area is 109 Å². The van der Waals surface area contributed by atoms with Crippen LogP contribution >= 0.6 is 0 Å². The quantitative estimate of drug-likeness (QED) is 0.851. The molecule has 3 nitrogen and oxygen atoms in total. The number of hydrogen-bond acceptors (Lipinski definition) is 2. The van der Waals surface area contributed by atoms with Crippen LogP contribution in [0.1, 0.15) is 18.9 Å². The minimum Gasteiger partial charge on any atom is -0.380 e. The first-order valence-electron chi connectivity index (χ1n) is 6.56. The molecular formula is C15H22N2O. The van der Waals surface area contributed by atoms with Gasteiger partial charge in [-0.25, -0.2) is 0 Å². The number of aryl methyl sites for hydroxylation is 1. The number of nitrogens with zero attached hydrogens (tertiary/aromatic N) is 1. The van der Waals surface area contributed by atoms with Crippen molar-refractivity contribution in [2.45, 2.75) is 32.4 Å². The highest BCUT2D eigenvalue weighted by Crippen LogP contribution is 2.22. The van der Waals surface area contributed by atoms with Crippen LogP contribution in [0.2, 0.25) is 0 Å². The summed E-state index contributed by atoms with van der Waals surface area (Å²) in [6.45, 7) is 3.72. The normalized spacial score (nSPS) is 13.1. The van der Waals surface area contributed by atoms with E-state index < -0.39 is 0 Å². The zero-order chi connectivity index (χ0) is 13.0. The first-order chi connectivity index (χ1) is 8.76. The van der Waals surface area contributed by atoms with Gasteiger partial charge < -0.3 is 15.0 Å². The van der Waals surface area contributed by atoms with E-state index in [0.717, 1.165) is 25.9 Å². The number of benzene rings is 1. The fourth-order valence-corrected chi connectivity index (χ4v) is 2.32. The van der Waals surface area contributed by atoms with Gasteiger partial charge >= 0.3 is 0 Å². The average molecular weight is 246 g/mol. The minimum absolute atomic E-state index is 0.225. The van der Waals surface area contributed by atoms with Crippen molar-refractivity contribution in [1.29, 1.82) is 0 Å². The molecule has 1 aromatic heterocycles. The van der Waals surface area contributed by atoms with Gasteiger partial charge in [0.15, 0.2) is 0 Å². The summed E-state index contributed by atoms with van der Waals surface area (Å²) in [5.41, 5.74) is 8.28. The molecule has 0 aliphatic rings. The van der Waals surface area contributed by atoms with E-state index in [-0.39, 0.29) is 6.10 Å². The van der Waals surface area contributed by atoms with Crippen LogP contribution in [0.3, 0.4) is 0 Å². The van der Waals surface area contributed by atoms with Gasteiger partial charge in [-0.3, -0.25) is 0 Å². The molecule has 1 unspecified atom stereocenters. The lowest BCUT2D eigenvalue weighted by molar-refractivity contribution is 0.104. The topological polar surface area (TPSA) is 40.2 Å². The van der Waals surface area contributed by atoms with E-state index in [4.69, 9.17) is 10.5 Å². The number of methoxy groups -OCH3 is 1. The molecule has 0 fully saturated rings. The van der Waals surface area contributed by atoms with Crippen LogP contribution in [-0.2, 0) is 17.7 Å². The Morgan fingerprint density at radius 2 is 2.11 bits per heavy atom. The molecule has 3 heteroatoms. The lowest BCUT2D eigenvalue weighted by Crippen LogP contribution is -2.13. The average Bonchev–Trinajstić information content (AvgIpc) is 2.75. The fourth-order valence-electron chi connectivity index (χ4n) is 2.32. The number of rotatable bonds is 6. The second kappa shape index (κ2) is 6.03. The first kappa shape index (κ1) is 13.1. The Morgan fingerprint density at radius 1 is 1.33 bits per heavy atom. The van der Waals surface area contributed by atoms with Gasteiger partial charge in [-0.15, -0.1) is 0 Å². The third-order valence-corrected chi connectivity index (χ3v) is 3.38. The summed E-state index contributed by atoms with van der Waals surface area (Å²) in [7, 11) is 1.76. The predicted molar refractivity (Wildman–Crippen MR) is 75.8 cm³/mol. The Kier molecular flexibility index (Phi) is 4.39. The van der Waals surface area contributed by atoms with Crippen molar-refractivity contribution >= 4 is 10.9 Å². The van der Waals surface area contributed by atoms with Crippen molar-refractivity contribution in [1.82, 2.24) is 4.57 Å². The van der Waals surface area contributed by atoms with Crippen LogP contribution in [0.4, 0.5) is 0 Å². The fraction of sp³-hybridized carbons (Fsp3) is 0.467. The summed E-state index contributed by atoms with van der Waals surface area (Å²) in [4.78, 5) is 0. The van der Waals surface area contributed by atoms with Crippen LogP contribution in [0, 0.1) is 0 Å². The molecule has 1 aromatic carbocycles. The van der Waals surface area contributed by atoms with Crippen molar-refractivity contribution < 1.29 is 4.74 Å². The molecule has 0 amide bonds. The second-order valence-corrected chi connectivity index (χ2v) is 4.76. The maximum absolute atomic E-state index is 5.60. The number of hydrogen-bond donors (Lipinski definition) is 1. The molecule has 2 rings (SSSR count). The van der Waals surface area contributed by atoms with Gasteiger partial charge in [0, 0.05) is 30.8 Å². The molecule has 2 N–H and O–H groups in total. The summed E-state index contributed by atoms with van der Waals surface area (Å²) in [5, 5.41) is 1.34. The van der Waals surface area contributed by atoms with Crippen molar-refractivity contribution in [3.05, 3.63) is 36.0 Å². The Morgan fingerprint density at radius 3 is 2.83 bits per heavy atom. The van der Waals surface area contributed by atoms with E-state index in [9.17, 15) is 0 Å². The lowest BCUT2D eigenvalue weighted by atomic mass is 10.1. The zero-order valence-corrected chi connectivity index (χ0v) is 11.2. The van der Waals surface area contributed by atoms with E-state index in [1.54, 1.807) is 7.11 Å². The van der Waals surface area contributed by atoms with Gasteiger partial charge in [0.25, 0.3) is 0 Å². The monoisotopic (exact) mass is 246 g/mol. The maximum atomic E-state index is 5.60. The Bertz CT molecular complexity index is 504. The zero-order valence-electron chi connectivity index (χ0n) is 11.2. The van der Waals surface area contributed by atoms with Crippen molar-refractivity contribution in [2.75, 3.05) is 13.7 Å². The molecule has 0 bridgehead atoms. The summed E-state index contributed by atoms with van der Waals surface area (Å²) in [6.07, 6.45) is 4.55. The molecule has 18 heavy (non-hydrogen) atoms. The van der Waals surface area contributed by atoms with Crippen LogP contribution in [0.5, 0.6) is 0 Å².